The van der Waals surface area contributed by atoms with E-state index in [-0.39, 0.29) is 12.7 Å². The molecule has 0 aromatic heterocycles. The first-order valence-corrected chi connectivity index (χ1v) is 12.3. The highest BCUT2D eigenvalue weighted by molar-refractivity contribution is 7.69. The van der Waals surface area contributed by atoms with Crippen LogP contribution in [-0.4, -0.2) is 63.4 Å². The highest BCUT2D eigenvalue weighted by Crippen LogP contribution is 2.75. The highest BCUT2D eigenvalue weighted by Gasteiger charge is 2.56. The molecule has 161 valence electrons. The van der Waals surface area contributed by atoms with E-state index in [1.165, 1.54) is 0 Å². The van der Waals surface area contributed by atoms with Crippen molar-refractivity contribution in [2.75, 3.05) is 35.0 Å². The fraction of sp³-hybridized carbons (Fsp3) is 0.917. The molecule has 15 heteroatoms. The molecular weight excluding hydrogens is 429 g/mol. The van der Waals surface area contributed by atoms with E-state index in [9.17, 15) is 19.1 Å². The Morgan fingerprint density at radius 3 is 2.19 bits per heavy atom. The third-order valence-electron chi connectivity index (χ3n) is 3.42. The van der Waals surface area contributed by atoms with Crippen molar-refractivity contribution in [1.29, 1.82) is 0 Å². The molecule has 1 heterocycles. The third kappa shape index (κ3) is 7.68. The maximum Gasteiger partial charge on any atom is 0.583 e. The summed E-state index contributed by atoms with van der Waals surface area (Å²) in [7, 11) is -9.28. The van der Waals surface area contributed by atoms with Crippen molar-refractivity contribution in [3.8, 4) is 0 Å². The summed E-state index contributed by atoms with van der Waals surface area (Å²) in [5, 5.41) is 9.97. The van der Waals surface area contributed by atoms with Gasteiger partial charge >= 0.3 is 23.8 Å². The van der Waals surface area contributed by atoms with Gasteiger partial charge in [-0.2, -0.15) is 18.3 Å². The molecule has 1 saturated heterocycles. The number of hydrogen-bond acceptors (Lipinski definition) is 12. The summed E-state index contributed by atoms with van der Waals surface area (Å²) in [4.78, 5) is 10.3. The number of hydrogen-bond donors (Lipinski definition) is 2. The third-order valence-corrected chi connectivity index (χ3v) is 8.93. The predicted molar refractivity (Wildman–Crippen MR) is 94.4 cm³/mol. The van der Waals surface area contributed by atoms with E-state index in [0.29, 0.717) is 6.42 Å². The van der Waals surface area contributed by atoms with Crippen molar-refractivity contribution >= 4 is 23.8 Å². The van der Waals surface area contributed by atoms with E-state index in [4.69, 9.17) is 18.1 Å². The van der Waals surface area contributed by atoms with Gasteiger partial charge in [-0.25, -0.2) is 9.13 Å². The van der Waals surface area contributed by atoms with E-state index < -0.39 is 36.0 Å². The van der Waals surface area contributed by atoms with Crippen molar-refractivity contribution in [3.05, 3.63) is 6.42 Å². The normalized spacial score (nSPS) is 28.0. The van der Waals surface area contributed by atoms with Crippen molar-refractivity contribution in [1.82, 2.24) is 0 Å². The summed E-state index contributed by atoms with van der Waals surface area (Å²) in [5.41, 5.74) is 0. The van der Waals surface area contributed by atoms with Crippen molar-refractivity contribution in [2.24, 2.45) is 0 Å². The lowest BCUT2D eigenvalue weighted by Gasteiger charge is -2.21. The van der Waals surface area contributed by atoms with E-state index in [1.54, 1.807) is 6.42 Å². The fourth-order valence-electron chi connectivity index (χ4n) is 2.03. The fourth-order valence-corrected chi connectivity index (χ4v) is 6.52. The average Bonchev–Trinajstić information content (AvgIpc) is 2.99. The van der Waals surface area contributed by atoms with Crippen LogP contribution in [0, 0.1) is 6.42 Å². The second kappa shape index (κ2) is 11.0. The Morgan fingerprint density at radius 1 is 1.11 bits per heavy atom. The smallest absolute Gasteiger partial charge is 0.390 e. The first-order valence-electron chi connectivity index (χ1n) is 7.88. The minimum absolute atomic E-state index is 0.254. The first kappa shape index (κ1) is 25.5. The van der Waals surface area contributed by atoms with Crippen molar-refractivity contribution in [2.45, 2.75) is 38.1 Å². The average molecular weight is 456 g/mol. The van der Waals surface area contributed by atoms with Crippen molar-refractivity contribution < 1.29 is 55.1 Å². The zero-order valence-electron chi connectivity index (χ0n) is 15.7. The van der Waals surface area contributed by atoms with Crippen molar-refractivity contribution in [3.63, 3.8) is 0 Å². The second-order valence-corrected chi connectivity index (χ2v) is 11.0. The zero-order chi connectivity index (χ0) is 20.7. The number of ether oxygens (including phenoxy) is 1. The van der Waals surface area contributed by atoms with Crippen LogP contribution in [0.25, 0.3) is 0 Å². The van der Waals surface area contributed by atoms with Crippen LogP contribution in [0.3, 0.4) is 0 Å². The number of phosphoric acid groups is 2. The molecule has 0 aromatic carbocycles. The van der Waals surface area contributed by atoms with Gasteiger partial charge in [-0.05, 0) is 10.7 Å². The number of phosphoric ester groups is 1. The van der Waals surface area contributed by atoms with E-state index in [2.05, 4.69) is 17.9 Å². The SMILES string of the molecule is CCCC1[CH]C(O)C(CO[P+](O)(OC)OP(=O)(OC)OP(=O)(OC)OC)O1. The molecule has 12 nitrogen and oxygen atoms in total. The highest BCUT2D eigenvalue weighted by atomic mass is 31.3. The Balaban J connectivity index is 2.76. The number of rotatable bonds is 13. The second-order valence-electron chi connectivity index (χ2n) is 5.24. The van der Waals surface area contributed by atoms with Gasteiger partial charge in [0.25, 0.3) is 0 Å². The molecule has 1 fully saturated rings. The summed E-state index contributed by atoms with van der Waals surface area (Å²) >= 11 is 0. The van der Waals surface area contributed by atoms with E-state index in [1.807, 2.05) is 6.92 Å². The Bertz CT molecular complexity index is 540. The molecule has 2 N–H and O–H groups in total. The number of aliphatic hydroxyl groups excluding tert-OH is 1. The minimum Gasteiger partial charge on any atom is -0.390 e. The standard InChI is InChI=1S/C12H27O12P3/c1-6-7-10-8-11(13)12(22-10)9-21-26(15,19-4)24-27(16,20-5)23-25(14,17-2)18-3/h8,10-13,15H,6-7,9H2,1-5H3/q+1. The molecular formula is C12H27O12P3+. The summed E-state index contributed by atoms with van der Waals surface area (Å²) in [5.74, 6) is 0. The lowest BCUT2D eigenvalue weighted by molar-refractivity contribution is -0.0281. The molecule has 0 aromatic rings. The van der Waals surface area contributed by atoms with Crippen LogP contribution < -0.4 is 0 Å². The Hall–Kier alpha value is 0.490. The maximum atomic E-state index is 12.5. The molecule has 0 aliphatic carbocycles. The largest absolute Gasteiger partial charge is 0.583 e. The molecule has 0 amide bonds. The lowest BCUT2D eigenvalue weighted by Crippen LogP contribution is -2.27. The van der Waals surface area contributed by atoms with Gasteiger partial charge in [-0.1, -0.05) is 13.3 Å². The predicted octanol–water partition coefficient (Wildman–Crippen LogP) is 2.64. The van der Waals surface area contributed by atoms with Crippen LogP contribution in [0.1, 0.15) is 19.8 Å². The van der Waals surface area contributed by atoms with Crippen LogP contribution in [0.5, 0.6) is 0 Å². The zero-order valence-corrected chi connectivity index (χ0v) is 18.4. The molecule has 1 radical (unpaired) electrons. The van der Waals surface area contributed by atoms with Crippen LogP contribution in [0.2, 0.25) is 0 Å². The van der Waals surface area contributed by atoms with Gasteiger partial charge in [0.15, 0.2) is 0 Å². The summed E-state index contributed by atoms with van der Waals surface area (Å²) in [6.45, 7) is 1.63. The van der Waals surface area contributed by atoms with Crippen LogP contribution in [0.4, 0.5) is 0 Å². The monoisotopic (exact) mass is 456 g/mol. The Kier molecular flexibility index (Phi) is 10.4. The van der Waals surface area contributed by atoms with E-state index in [0.717, 1.165) is 34.9 Å². The first-order chi connectivity index (χ1) is 12.6. The van der Waals surface area contributed by atoms with Gasteiger partial charge < -0.3 is 9.84 Å². The Labute approximate surface area is 159 Å². The molecule has 27 heavy (non-hydrogen) atoms. The summed E-state index contributed by atoms with van der Waals surface area (Å²) in [6, 6.07) is 0. The molecule has 1 aliphatic heterocycles. The van der Waals surface area contributed by atoms with Crippen LogP contribution in [0.15, 0.2) is 0 Å². The molecule has 0 spiro atoms. The topological polar surface area (TPSA) is 148 Å². The quantitative estimate of drug-likeness (QED) is 0.392. The summed E-state index contributed by atoms with van der Waals surface area (Å²) in [6.07, 6.45) is 1.20. The van der Waals surface area contributed by atoms with Gasteiger partial charge in [0.05, 0.1) is 19.3 Å². The van der Waals surface area contributed by atoms with Gasteiger partial charge in [-0.15, -0.1) is 0 Å². The van der Waals surface area contributed by atoms with Crippen LogP contribution in [-0.2, 0) is 45.1 Å². The Morgan fingerprint density at radius 2 is 1.70 bits per heavy atom. The number of aliphatic hydroxyl groups is 1. The van der Waals surface area contributed by atoms with Gasteiger partial charge in [0, 0.05) is 27.8 Å². The molecule has 0 saturated carbocycles. The molecule has 1 rings (SSSR count). The molecule has 1 aliphatic rings. The minimum atomic E-state index is -4.67. The van der Waals surface area contributed by atoms with Gasteiger partial charge in [0.2, 0.25) is 0 Å². The van der Waals surface area contributed by atoms with E-state index >= 15 is 0 Å². The molecule has 0 bridgehead atoms. The van der Waals surface area contributed by atoms with Gasteiger partial charge in [-0.3, -0.25) is 13.6 Å². The maximum absolute atomic E-state index is 12.5. The molecule has 5 unspecified atom stereocenters. The van der Waals surface area contributed by atoms with Gasteiger partial charge in [0.1, 0.15) is 12.7 Å². The lowest BCUT2D eigenvalue weighted by atomic mass is 10.1. The summed E-state index contributed by atoms with van der Waals surface area (Å²) < 4.78 is 63.1. The molecule has 5 atom stereocenters. The van der Waals surface area contributed by atoms with Crippen LogP contribution >= 0.6 is 23.8 Å².